The third kappa shape index (κ3) is 4.53. The molecule has 0 aliphatic carbocycles. The fraction of sp³-hybridized carbons (Fsp3) is 0.138. The molecule has 166 valence electrons. The van der Waals surface area contributed by atoms with Crippen molar-refractivity contribution in [2.75, 3.05) is 0 Å². The Morgan fingerprint density at radius 2 is 1.06 bits per heavy atom. The highest BCUT2D eigenvalue weighted by atomic mass is 32.2. The second-order valence-electron chi connectivity index (χ2n) is 8.02. The molecular weight excluding hydrogens is 428 g/mol. The van der Waals surface area contributed by atoms with Crippen LogP contribution in [0.15, 0.2) is 99.6 Å². The minimum absolute atomic E-state index is 0.253. The van der Waals surface area contributed by atoms with Crippen LogP contribution in [-0.4, -0.2) is 11.1 Å². The lowest BCUT2D eigenvalue weighted by molar-refractivity contribution is 0.0732. The van der Waals surface area contributed by atoms with Crippen molar-refractivity contribution >= 4 is 16.9 Å². The first-order valence-electron chi connectivity index (χ1n) is 10.8. The summed E-state index contributed by atoms with van der Waals surface area (Å²) in [6.45, 7) is 7.38. The van der Waals surface area contributed by atoms with Crippen LogP contribution in [0.2, 0.25) is 0 Å². The summed E-state index contributed by atoms with van der Waals surface area (Å²) in [4.78, 5) is 16.5. The first-order chi connectivity index (χ1) is 15.9. The summed E-state index contributed by atoms with van der Waals surface area (Å²) in [5.74, 6) is 0.366. The maximum atomic E-state index is 13.0. The van der Waals surface area contributed by atoms with E-state index < -0.39 is 5.97 Å². The Hall–Kier alpha value is -3.50. The first-order valence-corrected chi connectivity index (χ1v) is 12.1. The van der Waals surface area contributed by atoms with E-state index in [9.17, 15) is 9.90 Å². The molecule has 0 spiro atoms. The molecule has 0 bridgehead atoms. The molecule has 33 heavy (non-hydrogen) atoms. The number of benzene rings is 4. The number of ether oxygens (including phenoxy) is 1. The van der Waals surface area contributed by atoms with Crippen molar-refractivity contribution in [1.82, 2.24) is 0 Å². The van der Waals surface area contributed by atoms with Gasteiger partial charge in [0.1, 0.15) is 11.5 Å². The lowest BCUT2D eigenvalue weighted by Gasteiger charge is -2.17. The van der Waals surface area contributed by atoms with E-state index in [1.807, 2.05) is 64.1 Å². The quantitative estimate of drug-likeness (QED) is 0.201. The maximum Gasteiger partial charge on any atom is 0.343 e. The van der Waals surface area contributed by atoms with E-state index in [1.165, 1.54) is 9.79 Å². The number of aromatic hydroxyl groups is 1. The van der Waals surface area contributed by atoms with Crippen molar-refractivity contribution in [2.24, 2.45) is 0 Å². The Kier molecular flexibility index (Phi) is 6.57. The molecule has 0 atom stereocenters. The summed E-state index contributed by atoms with van der Waals surface area (Å²) in [5, 5.41) is 10.3. The molecule has 4 aromatic rings. The van der Waals surface area contributed by atoms with Crippen molar-refractivity contribution in [2.45, 2.75) is 42.4 Å². The number of rotatable bonds is 5. The SMILES string of the molecule is Cc1c(C)c(OC(=O)c2ccc([S+](c3ccccc3)c3ccccc3)cc2)c(C)c(C)c1O. The lowest BCUT2D eigenvalue weighted by atomic mass is 9.98. The fourth-order valence-corrected chi connectivity index (χ4v) is 5.89. The minimum atomic E-state index is -0.406. The van der Waals surface area contributed by atoms with Gasteiger partial charge in [-0.3, -0.25) is 0 Å². The Labute approximate surface area is 198 Å². The Morgan fingerprint density at radius 1 is 0.636 bits per heavy atom. The Balaban J connectivity index is 1.65. The van der Waals surface area contributed by atoms with Gasteiger partial charge in [-0.05, 0) is 98.5 Å². The number of phenols is 1. The minimum Gasteiger partial charge on any atom is -0.507 e. The number of carbonyl (C=O) groups excluding carboxylic acids is 1. The smallest absolute Gasteiger partial charge is 0.343 e. The lowest BCUT2D eigenvalue weighted by Crippen LogP contribution is -2.12. The Bertz CT molecular complexity index is 1210. The molecule has 3 nitrogen and oxygen atoms in total. The molecule has 0 aliphatic rings. The zero-order chi connectivity index (χ0) is 23.5. The van der Waals surface area contributed by atoms with E-state index >= 15 is 0 Å². The third-order valence-electron chi connectivity index (χ3n) is 5.99. The molecule has 0 radical (unpaired) electrons. The van der Waals surface area contributed by atoms with Crippen LogP contribution in [0.25, 0.3) is 0 Å². The number of esters is 1. The topological polar surface area (TPSA) is 46.5 Å². The van der Waals surface area contributed by atoms with Gasteiger partial charge in [0.05, 0.1) is 16.5 Å². The molecule has 0 unspecified atom stereocenters. The zero-order valence-corrected chi connectivity index (χ0v) is 20.1. The molecule has 0 saturated carbocycles. The van der Waals surface area contributed by atoms with E-state index in [2.05, 4.69) is 48.5 Å². The summed E-state index contributed by atoms with van der Waals surface area (Å²) >= 11 is 0. The molecule has 4 rings (SSSR count). The monoisotopic (exact) mass is 455 g/mol. The summed E-state index contributed by atoms with van der Waals surface area (Å²) < 4.78 is 5.80. The standard InChI is InChI=1S/C29H26O3S/c1-19-21(3)28(22(4)20(2)27(19)30)32-29(31)23-15-17-26(18-16-23)33(24-11-7-5-8-12-24)25-13-9-6-10-14-25/h5-18H,1-4H3/p+1. The average molecular weight is 456 g/mol. The van der Waals surface area contributed by atoms with Gasteiger partial charge in [-0.25, -0.2) is 4.79 Å². The molecule has 0 aromatic heterocycles. The summed E-state index contributed by atoms with van der Waals surface area (Å²) in [5.41, 5.74) is 3.49. The number of hydrogen-bond acceptors (Lipinski definition) is 3. The van der Waals surface area contributed by atoms with E-state index in [1.54, 1.807) is 0 Å². The number of phenolic OH excluding ortho intramolecular Hbond substituents is 1. The molecule has 4 heteroatoms. The molecule has 0 fully saturated rings. The van der Waals surface area contributed by atoms with Crippen LogP contribution < -0.4 is 4.74 Å². The first kappa shape index (κ1) is 22.7. The van der Waals surface area contributed by atoms with Gasteiger partial charge >= 0.3 is 5.97 Å². The van der Waals surface area contributed by atoms with Crippen LogP contribution in [0, 0.1) is 27.7 Å². The fourth-order valence-electron chi connectivity index (χ4n) is 3.81. The maximum absolute atomic E-state index is 13.0. The highest BCUT2D eigenvalue weighted by Crippen LogP contribution is 2.37. The van der Waals surface area contributed by atoms with E-state index in [0.29, 0.717) is 11.3 Å². The van der Waals surface area contributed by atoms with Gasteiger partial charge in [0.15, 0.2) is 14.7 Å². The van der Waals surface area contributed by atoms with Crippen molar-refractivity contribution in [3.8, 4) is 11.5 Å². The van der Waals surface area contributed by atoms with Gasteiger partial charge in [0.25, 0.3) is 0 Å². The normalized spacial score (nSPS) is 10.9. The second kappa shape index (κ2) is 9.55. The Morgan fingerprint density at radius 3 is 1.52 bits per heavy atom. The van der Waals surface area contributed by atoms with Crippen LogP contribution in [0.4, 0.5) is 0 Å². The molecule has 1 N–H and O–H groups in total. The molecule has 0 heterocycles. The molecular formula is C29H27O3S+. The summed E-state index contributed by atoms with van der Waals surface area (Å²) in [6, 6.07) is 28.5. The summed E-state index contributed by atoms with van der Waals surface area (Å²) in [6.07, 6.45) is 0. The van der Waals surface area contributed by atoms with E-state index in [-0.39, 0.29) is 16.6 Å². The van der Waals surface area contributed by atoms with Gasteiger partial charge in [0, 0.05) is 0 Å². The molecule has 0 amide bonds. The van der Waals surface area contributed by atoms with Gasteiger partial charge in [-0.2, -0.15) is 0 Å². The number of hydrogen-bond donors (Lipinski definition) is 1. The highest BCUT2D eigenvalue weighted by molar-refractivity contribution is 7.97. The van der Waals surface area contributed by atoms with Crippen LogP contribution in [-0.2, 0) is 10.9 Å². The van der Waals surface area contributed by atoms with E-state index in [4.69, 9.17) is 4.74 Å². The zero-order valence-electron chi connectivity index (χ0n) is 19.3. The highest BCUT2D eigenvalue weighted by Gasteiger charge is 2.28. The van der Waals surface area contributed by atoms with Crippen LogP contribution in [0.5, 0.6) is 11.5 Å². The van der Waals surface area contributed by atoms with Crippen molar-refractivity contribution in [1.29, 1.82) is 0 Å². The molecule has 4 aromatic carbocycles. The molecule has 0 aliphatic heterocycles. The van der Waals surface area contributed by atoms with Crippen molar-refractivity contribution < 1.29 is 14.6 Å². The predicted molar refractivity (Wildman–Crippen MR) is 134 cm³/mol. The van der Waals surface area contributed by atoms with Crippen molar-refractivity contribution in [3.05, 3.63) is 113 Å². The largest absolute Gasteiger partial charge is 0.507 e. The molecule has 0 saturated heterocycles. The predicted octanol–water partition coefficient (Wildman–Crippen LogP) is 6.94. The van der Waals surface area contributed by atoms with E-state index in [0.717, 1.165) is 27.1 Å². The van der Waals surface area contributed by atoms with Gasteiger partial charge in [0.2, 0.25) is 0 Å². The van der Waals surface area contributed by atoms with Gasteiger partial charge < -0.3 is 9.84 Å². The number of carbonyl (C=O) groups is 1. The van der Waals surface area contributed by atoms with Crippen LogP contribution in [0.1, 0.15) is 32.6 Å². The van der Waals surface area contributed by atoms with Crippen LogP contribution >= 0.6 is 0 Å². The second-order valence-corrected chi connectivity index (χ2v) is 10.1. The van der Waals surface area contributed by atoms with Gasteiger partial charge in [-0.15, -0.1) is 0 Å². The van der Waals surface area contributed by atoms with Crippen LogP contribution in [0.3, 0.4) is 0 Å². The van der Waals surface area contributed by atoms with Gasteiger partial charge in [-0.1, -0.05) is 36.4 Å². The average Bonchev–Trinajstić information content (AvgIpc) is 2.86. The summed E-state index contributed by atoms with van der Waals surface area (Å²) in [7, 11) is -0.270. The van der Waals surface area contributed by atoms with Crippen molar-refractivity contribution in [3.63, 3.8) is 0 Å². The third-order valence-corrected chi connectivity index (χ3v) is 8.23.